The maximum atomic E-state index is 5.80. The molecule has 0 fully saturated rings. The molecule has 1 rings (SSSR count). The number of rotatable bonds is 5. The molecule has 2 heteroatoms. The Morgan fingerprint density at radius 1 is 1.13 bits per heavy atom. The van der Waals surface area contributed by atoms with Crippen molar-refractivity contribution in [3.63, 3.8) is 0 Å². The Balaban J connectivity index is 2.43. The number of nitrogens with two attached hydrogens (primary N) is 1. The first-order valence-electron chi connectivity index (χ1n) is 5.58. The van der Waals surface area contributed by atoms with Crippen molar-refractivity contribution in [1.82, 2.24) is 0 Å². The molecule has 0 aliphatic heterocycles. The van der Waals surface area contributed by atoms with Crippen molar-refractivity contribution in [1.29, 1.82) is 0 Å². The summed E-state index contributed by atoms with van der Waals surface area (Å²) in [5, 5.41) is 0. The van der Waals surface area contributed by atoms with Gasteiger partial charge in [0.1, 0.15) is 0 Å². The Labute approximate surface area is 97.4 Å². The summed E-state index contributed by atoms with van der Waals surface area (Å²) in [5.74, 6) is 2.00. The fourth-order valence-corrected chi connectivity index (χ4v) is 2.43. The molecule has 0 spiro atoms. The number of hydrogen-bond acceptors (Lipinski definition) is 2. The minimum atomic E-state index is 0.139. The summed E-state index contributed by atoms with van der Waals surface area (Å²) in [6.07, 6.45) is 1.28. The lowest BCUT2D eigenvalue weighted by Gasteiger charge is -2.07. The molecule has 1 aromatic carbocycles. The minimum Gasteiger partial charge on any atom is -0.324 e. The zero-order chi connectivity index (χ0) is 11.3. The van der Waals surface area contributed by atoms with Crippen molar-refractivity contribution in [3.8, 4) is 0 Å². The third kappa shape index (κ3) is 4.72. The van der Waals surface area contributed by atoms with Crippen molar-refractivity contribution in [2.45, 2.75) is 38.1 Å². The first kappa shape index (κ1) is 12.6. The molecular formula is C13H21NS. The van der Waals surface area contributed by atoms with Crippen LogP contribution in [0, 0.1) is 5.92 Å². The quantitative estimate of drug-likeness (QED) is 0.767. The summed E-state index contributed by atoms with van der Waals surface area (Å²) in [6.45, 7) is 6.54. The molecule has 0 amide bonds. The molecule has 0 heterocycles. The van der Waals surface area contributed by atoms with Gasteiger partial charge in [0, 0.05) is 10.9 Å². The fourth-order valence-electron chi connectivity index (χ4n) is 1.28. The molecular weight excluding hydrogens is 202 g/mol. The molecule has 0 saturated carbocycles. The second-order valence-electron chi connectivity index (χ2n) is 4.39. The van der Waals surface area contributed by atoms with Crippen LogP contribution in [-0.4, -0.2) is 5.75 Å². The van der Waals surface area contributed by atoms with E-state index in [0.29, 0.717) is 0 Å². The van der Waals surface area contributed by atoms with Crippen LogP contribution >= 0.6 is 11.8 Å². The molecule has 84 valence electrons. The fraction of sp³-hybridized carbons (Fsp3) is 0.538. The summed E-state index contributed by atoms with van der Waals surface area (Å²) >= 11 is 1.93. The summed E-state index contributed by atoms with van der Waals surface area (Å²) in [4.78, 5) is 1.35. The molecule has 0 bridgehead atoms. The lowest BCUT2D eigenvalue weighted by Crippen LogP contribution is -2.04. The maximum Gasteiger partial charge on any atom is 0.0266 e. The lowest BCUT2D eigenvalue weighted by molar-refractivity contribution is 0.632. The second kappa shape index (κ2) is 6.19. The van der Waals surface area contributed by atoms with Gasteiger partial charge in [0.05, 0.1) is 0 Å². The largest absolute Gasteiger partial charge is 0.324 e. The van der Waals surface area contributed by atoms with Crippen LogP contribution in [-0.2, 0) is 0 Å². The monoisotopic (exact) mass is 223 g/mol. The smallest absolute Gasteiger partial charge is 0.0266 e. The van der Waals surface area contributed by atoms with E-state index in [9.17, 15) is 0 Å². The highest BCUT2D eigenvalue weighted by Crippen LogP contribution is 2.22. The average Bonchev–Trinajstić information content (AvgIpc) is 2.18. The van der Waals surface area contributed by atoms with E-state index in [1.807, 2.05) is 18.7 Å². The first-order chi connectivity index (χ1) is 7.09. The first-order valence-corrected chi connectivity index (χ1v) is 6.56. The van der Waals surface area contributed by atoms with Crippen LogP contribution in [0.15, 0.2) is 29.2 Å². The standard InChI is InChI=1S/C13H21NS/c1-10(2)8-9-15-13-6-4-12(5-7-13)11(3)14/h4-7,10-11H,8-9,14H2,1-3H3/t11-/m1/s1. The van der Waals surface area contributed by atoms with Crippen LogP contribution in [0.3, 0.4) is 0 Å². The molecule has 0 saturated heterocycles. The SMILES string of the molecule is CC(C)CCSc1ccc([C@@H](C)N)cc1. The van der Waals surface area contributed by atoms with Gasteiger partial charge < -0.3 is 5.73 Å². The molecule has 2 N–H and O–H groups in total. The van der Waals surface area contributed by atoms with E-state index in [1.165, 1.54) is 22.6 Å². The Hall–Kier alpha value is -0.470. The number of thioether (sulfide) groups is 1. The van der Waals surface area contributed by atoms with Crippen molar-refractivity contribution in [2.24, 2.45) is 11.7 Å². The Kier molecular flexibility index (Phi) is 5.20. The van der Waals surface area contributed by atoms with Gasteiger partial charge in [0.2, 0.25) is 0 Å². The van der Waals surface area contributed by atoms with Gasteiger partial charge in [-0.1, -0.05) is 26.0 Å². The topological polar surface area (TPSA) is 26.0 Å². The van der Waals surface area contributed by atoms with E-state index in [1.54, 1.807) is 0 Å². The van der Waals surface area contributed by atoms with Crippen LogP contribution in [0.1, 0.15) is 38.8 Å². The van der Waals surface area contributed by atoms with E-state index in [2.05, 4.69) is 38.1 Å². The maximum absolute atomic E-state index is 5.80. The van der Waals surface area contributed by atoms with Crippen LogP contribution in [0.4, 0.5) is 0 Å². The van der Waals surface area contributed by atoms with Gasteiger partial charge in [-0.15, -0.1) is 11.8 Å². The predicted octanol–water partition coefficient (Wildman–Crippen LogP) is 3.84. The predicted molar refractivity (Wildman–Crippen MR) is 69.2 cm³/mol. The van der Waals surface area contributed by atoms with Crippen molar-refractivity contribution < 1.29 is 0 Å². The highest BCUT2D eigenvalue weighted by molar-refractivity contribution is 7.99. The van der Waals surface area contributed by atoms with Crippen molar-refractivity contribution in [3.05, 3.63) is 29.8 Å². The average molecular weight is 223 g/mol. The van der Waals surface area contributed by atoms with Crippen LogP contribution in [0.5, 0.6) is 0 Å². The van der Waals surface area contributed by atoms with Gasteiger partial charge in [0.25, 0.3) is 0 Å². The van der Waals surface area contributed by atoms with Gasteiger partial charge in [-0.25, -0.2) is 0 Å². The highest BCUT2D eigenvalue weighted by Gasteiger charge is 2.00. The van der Waals surface area contributed by atoms with E-state index in [0.717, 1.165) is 5.92 Å². The molecule has 0 unspecified atom stereocenters. The highest BCUT2D eigenvalue weighted by atomic mass is 32.2. The van der Waals surface area contributed by atoms with Gasteiger partial charge >= 0.3 is 0 Å². The Morgan fingerprint density at radius 3 is 2.20 bits per heavy atom. The molecule has 0 radical (unpaired) electrons. The molecule has 0 aliphatic rings. The molecule has 0 aromatic heterocycles. The van der Waals surface area contributed by atoms with E-state index in [4.69, 9.17) is 5.73 Å². The van der Waals surface area contributed by atoms with Gasteiger partial charge in [0.15, 0.2) is 0 Å². The van der Waals surface area contributed by atoms with Crippen molar-refractivity contribution >= 4 is 11.8 Å². The van der Waals surface area contributed by atoms with Gasteiger partial charge in [-0.3, -0.25) is 0 Å². The van der Waals surface area contributed by atoms with Crippen LogP contribution < -0.4 is 5.73 Å². The molecule has 1 atom stereocenters. The van der Waals surface area contributed by atoms with Gasteiger partial charge in [-0.2, -0.15) is 0 Å². The number of hydrogen-bond donors (Lipinski definition) is 1. The summed E-state index contributed by atoms with van der Waals surface area (Å²) in [7, 11) is 0. The second-order valence-corrected chi connectivity index (χ2v) is 5.56. The van der Waals surface area contributed by atoms with Crippen LogP contribution in [0.2, 0.25) is 0 Å². The zero-order valence-corrected chi connectivity index (χ0v) is 10.7. The lowest BCUT2D eigenvalue weighted by atomic mass is 10.1. The number of benzene rings is 1. The third-order valence-corrected chi connectivity index (χ3v) is 3.42. The zero-order valence-electron chi connectivity index (χ0n) is 9.86. The summed E-state index contributed by atoms with van der Waals surface area (Å²) in [6, 6.07) is 8.73. The molecule has 1 nitrogen and oxygen atoms in total. The van der Waals surface area contributed by atoms with E-state index in [-0.39, 0.29) is 6.04 Å². The van der Waals surface area contributed by atoms with E-state index >= 15 is 0 Å². The minimum absolute atomic E-state index is 0.139. The van der Waals surface area contributed by atoms with Gasteiger partial charge in [-0.05, 0) is 42.7 Å². The van der Waals surface area contributed by atoms with Crippen molar-refractivity contribution in [2.75, 3.05) is 5.75 Å². The Morgan fingerprint density at radius 2 is 1.73 bits per heavy atom. The van der Waals surface area contributed by atoms with E-state index < -0.39 is 0 Å². The summed E-state index contributed by atoms with van der Waals surface area (Å²) in [5.41, 5.74) is 7.01. The third-order valence-electron chi connectivity index (χ3n) is 2.37. The Bertz CT molecular complexity index is 277. The molecule has 0 aliphatic carbocycles. The molecule has 15 heavy (non-hydrogen) atoms. The molecule has 1 aromatic rings. The van der Waals surface area contributed by atoms with Crippen LogP contribution in [0.25, 0.3) is 0 Å². The summed E-state index contributed by atoms with van der Waals surface area (Å²) < 4.78 is 0. The normalized spacial score (nSPS) is 13.1.